The number of carbonyl (C=O) groups is 1. The summed E-state index contributed by atoms with van der Waals surface area (Å²) >= 11 is 0. The second-order valence-electron chi connectivity index (χ2n) is 7.41. The van der Waals surface area contributed by atoms with E-state index in [1.807, 2.05) is 60.4 Å². The summed E-state index contributed by atoms with van der Waals surface area (Å²) in [7, 11) is 1.62. The topological polar surface area (TPSA) is 77.7 Å². The molecule has 3 aromatic rings. The van der Waals surface area contributed by atoms with E-state index in [1.165, 1.54) is 0 Å². The maximum atomic E-state index is 12.5. The molecule has 30 heavy (non-hydrogen) atoms. The Morgan fingerprint density at radius 2 is 1.87 bits per heavy atom. The highest BCUT2D eigenvalue weighted by Gasteiger charge is 2.27. The van der Waals surface area contributed by atoms with Gasteiger partial charge in [0.25, 0.3) is 11.8 Å². The fraction of sp³-hybridized carbons (Fsp3) is 0.348. The second-order valence-corrected chi connectivity index (χ2v) is 7.41. The molecule has 0 aliphatic carbocycles. The normalized spacial score (nSPS) is 14.5. The van der Waals surface area contributed by atoms with Crippen LogP contribution in [0.25, 0.3) is 11.5 Å². The van der Waals surface area contributed by atoms with Crippen molar-refractivity contribution in [3.63, 3.8) is 0 Å². The van der Waals surface area contributed by atoms with Crippen LogP contribution in [0.1, 0.15) is 30.1 Å². The molecule has 0 radical (unpaired) electrons. The number of nitrogens with zero attached hydrogens (tertiary/aromatic N) is 3. The Bertz CT molecular complexity index is 992. The van der Waals surface area contributed by atoms with E-state index in [1.54, 1.807) is 7.11 Å². The number of hydrogen-bond acceptors (Lipinski definition) is 6. The number of methoxy groups -OCH3 is 1. The first kappa shape index (κ1) is 19.9. The van der Waals surface area contributed by atoms with Gasteiger partial charge >= 0.3 is 0 Å². The van der Waals surface area contributed by atoms with Crippen molar-refractivity contribution in [1.29, 1.82) is 0 Å². The summed E-state index contributed by atoms with van der Waals surface area (Å²) in [6.07, 6.45) is 1.59. The molecular weight excluding hydrogens is 382 g/mol. The van der Waals surface area contributed by atoms with Crippen LogP contribution < -0.4 is 9.47 Å². The fourth-order valence-corrected chi connectivity index (χ4v) is 3.59. The molecule has 7 heteroatoms. The molecule has 2 aromatic carbocycles. The number of para-hydroxylation sites is 1. The van der Waals surface area contributed by atoms with Crippen molar-refractivity contribution < 1.29 is 18.8 Å². The summed E-state index contributed by atoms with van der Waals surface area (Å²) < 4.78 is 16.5. The summed E-state index contributed by atoms with van der Waals surface area (Å²) in [4.78, 5) is 18.9. The second kappa shape index (κ2) is 8.98. The van der Waals surface area contributed by atoms with Crippen LogP contribution in [0, 0.1) is 6.92 Å². The average Bonchev–Trinajstić information content (AvgIpc) is 3.28. The van der Waals surface area contributed by atoms with Gasteiger partial charge in [0.1, 0.15) is 11.5 Å². The van der Waals surface area contributed by atoms with E-state index in [9.17, 15) is 4.79 Å². The van der Waals surface area contributed by atoms with Crippen LogP contribution in [-0.2, 0) is 4.79 Å². The largest absolute Gasteiger partial charge is 0.496 e. The quantitative estimate of drug-likeness (QED) is 0.618. The van der Waals surface area contributed by atoms with E-state index in [0.717, 1.165) is 24.0 Å². The lowest BCUT2D eigenvalue weighted by Crippen LogP contribution is -2.40. The van der Waals surface area contributed by atoms with Crippen molar-refractivity contribution in [2.45, 2.75) is 25.7 Å². The zero-order valence-electron chi connectivity index (χ0n) is 17.2. The molecule has 1 saturated heterocycles. The van der Waals surface area contributed by atoms with Gasteiger partial charge in [0, 0.05) is 19.0 Å². The highest BCUT2D eigenvalue weighted by Crippen LogP contribution is 2.31. The first-order valence-corrected chi connectivity index (χ1v) is 10.1. The Kier molecular flexibility index (Phi) is 5.97. The third-order valence-corrected chi connectivity index (χ3v) is 5.38. The number of ether oxygens (including phenoxy) is 2. The van der Waals surface area contributed by atoms with Crippen molar-refractivity contribution in [2.24, 2.45) is 0 Å². The zero-order valence-corrected chi connectivity index (χ0v) is 17.2. The van der Waals surface area contributed by atoms with Crippen molar-refractivity contribution in [3.05, 3.63) is 59.9 Å². The van der Waals surface area contributed by atoms with Gasteiger partial charge in [-0.2, -0.15) is 4.98 Å². The maximum Gasteiger partial charge on any atom is 0.261 e. The molecule has 2 heterocycles. The summed E-state index contributed by atoms with van der Waals surface area (Å²) in [6, 6.07) is 15.3. The minimum absolute atomic E-state index is 0.00292. The maximum absolute atomic E-state index is 12.5. The molecule has 7 nitrogen and oxygen atoms in total. The fourth-order valence-electron chi connectivity index (χ4n) is 3.59. The molecule has 0 N–H and O–H groups in total. The first-order valence-electron chi connectivity index (χ1n) is 10.1. The third kappa shape index (κ3) is 4.45. The molecule has 0 saturated carbocycles. The molecule has 4 rings (SSSR count). The van der Waals surface area contributed by atoms with Gasteiger partial charge in [-0.3, -0.25) is 4.79 Å². The van der Waals surface area contributed by atoms with Gasteiger partial charge in [0.15, 0.2) is 12.4 Å². The van der Waals surface area contributed by atoms with Crippen LogP contribution >= 0.6 is 0 Å². The molecule has 0 atom stereocenters. The number of aryl methyl sites for hydroxylation is 1. The van der Waals surface area contributed by atoms with Crippen LogP contribution in [0.5, 0.6) is 11.5 Å². The lowest BCUT2D eigenvalue weighted by Gasteiger charge is -2.30. The minimum Gasteiger partial charge on any atom is -0.496 e. The molecule has 156 valence electrons. The molecular formula is C23H25N3O4. The van der Waals surface area contributed by atoms with Crippen LogP contribution in [-0.4, -0.2) is 47.8 Å². The zero-order chi connectivity index (χ0) is 20.9. The van der Waals surface area contributed by atoms with Gasteiger partial charge in [-0.1, -0.05) is 35.0 Å². The Morgan fingerprint density at radius 3 is 2.60 bits per heavy atom. The number of carbonyl (C=O) groups excluding carboxylic acids is 1. The molecule has 1 aliphatic heterocycles. The lowest BCUT2D eigenvalue weighted by molar-refractivity contribution is -0.134. The summed E-state index contributed by atoms with van der Waals surface area (Å²) in [6.45, 7) is 3.37. The Balaban J connectivity index is 1.32. The van der Waals surface area contributed by atoms with Gasteiger partial charge in [0.05, 0.1) is 12.7 Å². The van der Waals surface area contributed by atoms with E-state index in [0.29, 0.717) is 36.3 Å². The van der Waals surface area contributed by atoms with Crippen LogP contribution in [0.3, 0.4) is 0 Å². The molecule has 0 unspecified atom stereocenters. The number of aromatic nitrogens is 2. The summed E-state index contributed by atoms with van der Waals surface area (Å²) in [5.41, 5.74) is 1.94. The van der Waals surface area contributed by atoms with Crippen molar-refractivity contribution >= 4 is 5.91 Å². The Labute approximate surface area is 175 Å². The van der Waals surface area contributed by atoms with E-state index in [4.69, 9.17) is 14.0 Å². The third-order valence-electron chi connectivity index (χ3n) is 5.38. The van der Waals surface area contributed by atoms with Gasteiger partial charge in [-0.25, -0.2) is 0 Å². The number of benzene rings is 2. The van der Waals surface area contributed by atoms with Crippen molar-refractivity contribution in [3.8, 4) is 23.0 Å². The summed E-state index contributed by atoms with van der Waals surface area (Å²) in [5.74, 6) is 2.70. The SMILES string of the molecule is COc1ccccc1-c1nc(C2CCN(C(=O)COc3ccc(C)cc3)CC2)no1. The Morgan fingerprint density at radius 1 is 1.13 bits per heavy atom. The Hall–Kier alpha value is -3.35. The van der Waals surface area contributed by atoms with Gasteiger partial charge in [-0.05, 0) is 44.0 Å². The van der Waals surface area contributed by atoms with Gasteiger partial charge in [0.2, 0.25) is 0 Å². The van der Waals surface area contributed by atoms with E-state index < -0.39 is 0 Å². The van der Waals surface area contributed by atoms with Gasteiger partial charge in [-0.15, -0.1) is 0 Å². The minimum atomic E-state index is -0.00292. The number of piperidine rings is 1. The average molecular weight is 407 g/mol. The van der Waals surface area contributed by atoms with Crippen molar-refractivity contribution in [2.75, 3.05) is 26.8 Å². The molecule has 0 bridgehead atoms. The highest BCUT2D eigenvalue weighted by molar-refractivity contribution is 5.77. The molecule has 1 aromatic heterocycles. The number of hydrogen-bond donors (Lipinski definition) is 0. The molecule has 1 aliphatic rings. The standard InChI is InChI=1S/C23H25N3O4/c1-16-7-9-18(10-8-16)29-15-21(27)26-13-11-17(12-14-26)22-24-23(30-25-22)19-5-3-4-6-20(19)28-2/h3-10,17H,11-15H2,1-2H3. The van der Waals surface area contributed by atoms with Crippen LogP contribution in [0.4, 0.5) is 0 Å². The van der Waals surface area contributed by atoms with Crippen LogP contribution in [0.2, 0.25) is 0 Å². The van der Waals surface area contributed by atoms with Crippen molar-refractivity contribution in [1.82, 2.24) is 15.0 Å². The lowest BCUT2D eigenvalue weighted by atomic mass is 9.96. The number of rotatable bonds is 6. The molecule has 0 spiro atoms. The predicted molar refractivity (Wildman–Crippen MR) is 112 cm³/mol. The monoisotopic (exact) mass is 407 g/mol. The van der Waals surface area contributed by atoms with Gasteiger partial charge < -0.3 is 18.9 Å². The predicted octanol–water partition coefficient (Wildman–Crippen LogP) is 3.84. The number of amides is 1. The summed E-state index contributed by atoms with van der Waals surface area (Å²) in [5, 5.41) is 4.17. The smallest absolute Gasteiger partial charge is 0.261 e. The van der Waals surface area contributed by atoms with E-state index >= 15 is 0 Å². The molecule has 1 fully saturated rings. The van der Waals surface area contributed by atoms with Crippen LogP contribution in [0.15, 0.2) is 53.1 Å². The highest BCUT2D eigenvalue weighted by atomic mass is 16.5. The first-order chi connectivity index (χ1) is 14.6. The van der Waals surface area contributed by atoms with E-state index in [2.05, 4.69) is 10.1 Å². The molecule has 1 amide bonds. The number of likely N-dealkylation sites (tertiary alicyclic amines) is 1. The van der Waals surface area contributed by atoms with E-state index in [-0.39, 0.29) is 18.4 Å².